The molecule has 0 bridgehead atoms. The summed E-state index contributed by atoms with van der Waals surface area (Å²) in [5, 5.41) is 1.76. The van der Waals surface area contributed by atoms with Gasteiger partial charge in [-0.1, -0.05) is 18.2 Å². The van der Waals surface area contributed by atoms with Gasteiger partial charge in [-0.15, -0.1) is 0 Å². The molecule has 3 heteroatoms. The van der Waals surface area contributed by atoms with E-state index in [0.29, 0.717) is 12.5 Å². The van der Waals surface area contributed by atoms with Crippen molar-refractivity contribution in [2.45, 2.75) is 6.42 Å². The van der Waals surface area contributed by atoms with Gasteiger partial charge in [0.1, 0.15) is 0 Å². The van der Waals surface area contributed by atoms with Gasteiger partial charge in [-0.2, -0.15) is 0 Å². The summed E-state index contributed by atoms with van der Waals surface area (Å²) in [6.07, 6.45) is 0.882. The number of H-pyrrole nitrogens is 1. The molecule has 14 heavy (non-hydrogen) atoms. The summed E-state index contributed by atoms with van der Waals surface area (Å²) in [6, 6.07) is 7.63. The van der Waals surface area contributed by atoms with Crippen molar-refractivity contribution in [2.75, 3.05) is 6.61 Å². The molecule has 0 fully saturated rings. The van der Waals surface area contributed by atoms with Crippen LogP contribution in [0.5, 0.6) is 5.88 Å². The number of pyridine rings is 1. The van der Waals surface area contributed by atoms with Crippen LogP contribution in [-0.4, -0.2) is 11.6 Å². The van der Waals surface area contributed by atoms with Crippen LogP contribution in [0, 0.1) is 0 Å². The molecule has 0 atom stereocenters. The Bertz CT molecular complexity index is 557. The van der Waals surface area contributed by atoms with E-state index < -0.39 is 0 Å². The van der Waals surface area contributed by atoms with Crippen molar-refractivity contribution >= 4 is 10.8 Å². The van der Waals surface area contributed by atoms with Crippen LogP contribution in [0.3, 0.4) is 0 Å². The van der Waals surface area contributed by atoms with Gasteiger partial charge < -0.3 is 4.74 Å². The minimum atomic E-state index is -0.0683. The van der Waals surface area contributed by atoms with Crippen molar-refractivity contribution in [1.29, 1.82) is 0 Å². The van der Waals surface area contributed by atoms with Crippen LogP contribution >= 0.6 is 0 Å². The monoisotopic (exact) mass is 187 g/mol. The third-order valence-electron chi connectivity index (χ3n) is 2.60. The number of aromatic amines is 1. The first-order chi connectivity index (χ1) is 6.86. The Labute approximate surface area is 80.3 Å². The number of fused-ring (bicyclic) bond motifs is 3. The Morgan fingerprint density at radius 2 is 2.00 bits per heavy atom. The second-order valence-corrected chi connectivity index (χ2v) is 3.41. The summed E-state index contributed by atoms with van der Waals surface area (Å²) in [4.78, 5) is 14.4. The van der Waals surface area contributed by atoms with E-state index in [2.05, 4.69) is 4.98 Å². The van der Waals surface area contributed by atoms with Crippen molar-refractivity contribution in [3.05, 3.63) is 40.2 Å². The Kier molecular flexibility index (Phi) is 1.42. The minimum Gasteiger partial charge on any atom is -0.478 e. The smallest absolute Gasteiger partial charge is 0.258 e. The Hall–Kier alpha value is -1.77. The lowest BCUT2D eigenvalue weighted by atomic mass is 10.1. The summed E-state index contributed by atoms with van der Waals surface area (Å²) in [5.74, 6) is 0.647. The number of nitrogens with one attached hydrogen (secondary N) is 1. The molecule has 3 rings (SSSR count). The number of hydrogen-bond donors (Lipinski definition) is 1. The van der Waals surface area contributed by atoms with Gasteiger partial charge in [0.25, 0.3) is 5.56 Å². The first-order valence-electron chi connectivity index (χ1n) is 4.63. The second-order valence-electron chi connectivity index (χ2n) is 3.41. The summed E-state index contributed by atoms with van der Waals surface area (Å²) in [7, 11) is 0. The molecule has 1 N–H and O–H groups in total. The number of hydrogen-bond acceptors (Lipinski definition) is 2. The molecule has 2 aromatic rings. The zero-order chi connectivity index (χ0) is 9.54. The molecular weight excluding hydrogens is 178 g/mol. The largest absolute Gasteiger partial charge is 0.478 e. The van der Waals surface area contributed by atoms with E-state index in [1.807, 2.05) is 24.3 Å². The maximum atomic E-state index is 11.6. The molecule has 0 saturated carbocycles. The number of ether oxygens (including phenoxy) is 1. The van der Waals surface area contributed by atoms with E-state index >= 15 is 0 Å². The van der Waals surface area contributed by atoms with Crippen molar-refractivity contribution in [2.24, 2.45) is 0 Å². The van der Waals surface area contributed by atoms with Crippen LogP contribution in [0.1, 0.15) is 5.56 Å². The highest BCUT2D eigenvalue weighted by atomic mass is 16.5. The van der Waals surface area contributed by atoms with Crippen LogP contribution in [0.25, 0.3) is 10.8 Å². The van der Waals surface area contributed by atoms with Gasteiger partial charge in [0.2, 0.25) is 0 Å². The van der Waals surface area contributed by atoms with Crippen LogP contribution in [-0.2, 0) is 6.42 Å². The Morgan fingerprint density at radius 3 is 2.86 bits per heavy atom. The summed E-state index contributed by atoms with van der Waals surface area (Å²) >= 11 is 0. The third-order valence-corrected chi connectivity index (χ3v) is 2.60. The summed E-state index contributed by atoms with van der Waals surface area (Å²) < 4.78 is 5.33. The second kappa shape index (κ2) is 2.61. The van der Waals surface area contributed by atoms with E-state index in [0.717, 1.165) is 22.8 Å². The first kappa shape index (κ1) is 7.62. The predicted molar refractivity (Wildman–Crippen MR) is 53.8 cm³/mol. The number of rotatable bonds is 0. The fraction of sp³-hybridized carbons (Fsp3) is 0.182. The van der Waals surface area contributed by atoms with Crippen LogP contribution in [0.2, 0.25) is 0 Å². The van der Waals surface area contributed by atoms with Crippen molar-refractivity contribution in [3.8, 4) is 5.88 Å². The molecular formula is C11H9NO2. The summed E-state index contributed by atoms with van der Waals surface area (Å²) in [6.45, 7) is 0.666. The Balaban J connectivity index is 2.53. The Morgan fingerprint density at radius 1 is 1.21 bits per heavy atom. The van der Waals surface area contributed by atoms with Gasteiger partial charge in [0.15, 0.2) is 5.88 Å². The molecule has 1 aliphatic heterocycles. The molecule has 3 nitrogen and oxygen atoms in total. The standard InChI is InChI=1S/C11H9NO2/c13-10-8-4-2-1-3-7(8)9-5-6-14-11(9)12-10/h1-4H,5-6H2,(H,12,13). The van der Waals surface area contributed by atoms with Crippen molar-refractivity contribution in [1.82, 2.24) is 4.98 Å². The van der Waals surface area contributed by atoms with Gasteiger partial charge in [0.05, 0.1) is 6.61 Å². The molecule has 1 aromatic heterocycles. The van der Waals surface area contributed by atoms with E-state index in [9.17, 15) is 4.79 Å². The number of aromatic nitrogens is 1. The van der Waals surface area contributed by atoms with Crippen molar-refractivity contribution < 1.29 is 4.74 Å². The highest BCUT2D eigenvalue weighted by Crippen LogP contribution is 2.27. The van der Waals surface area contributed by atoms with E-state index in [1.54, 1.807) is 0 Å². The first-order valence-corrected chi connectivity index (χ1v) is 4.63. The maximum Gasteiger partial charge on any atom is 0.258 e. The fourth-order valence-corrected chi connectivity index (χ4v) is 1.94. The van der Waals surface area contributed by atoms with Gasteiger partial charge in [-0.05, 0) is 11.5 Å². The van der Waals surface area contributed by atoms with Gasteiger partial charge in [-0.25, -0.2) is 0 Å². The number of benzene rings is 1. The third kappa shape index (κ3) is 0.894. The van der Waals surface area contributed by atoms with Crippen LogP contribution in [0.15, 0.2) is 29.1 Å². The molecule has 2 heterocycles. The lowest BCUT2D eigenvalue weighted by Crippen LogP contribution is -2.07. The van der Waals surface area contributed by atoms with Crippen LogP contribution in [0.4, 0.5) is 0 Å². The molecule has 1 aromatic carbocycles. The SMILES string of the molecule is O=c1[nH]c2c(c3ccccc13)CCO2. The quantitative estimate of drug-likeness (QED) is 0.678. The highest BCUT2D eigenvalue weighted by Gasteiger charge is 2.16. The average molecular weight is 187 g/mol. The lowest BCUT2D eigenvalue weighted by molar-refractivity contribution is 0.344. The molecule has 70 valence electrons. The summed E-state index contributed by atoms with van der Waals surface area (Å²) in [5.41, 5.74) is 1.06. The fourth-order valence-electron chi connectivity index (χ4n) is 1.94. The topological polar surface area (TPSA) is 42.1 Å². The molecule has 1 aliphatic rings. The molecule has 0 unspecified atom stereocenters. The minimum absolute atomic E-state index is 0.0683. The van der Waals surface area contributed by atoms with Gasteiger partial charge in [-0.3, -0.25) is 9.78 Å². The van der Waals surface area contributed by atoms with Crippen molar-refractivity contribution in [3.63, 3.8) is 0 Å². The average Bonchev–Trinajstić information content (AvgIpc) is 2.66. The molecule has 0 spiro atoms. The van der Waals surface area contributed by atoms with E-state index in [-0.39, 0.29) is 5.56 Å². The molecule has 0 aliphatic carbocycles. The lowest BCUT2D eigenvalue weighted by Gasteiger charge is -2.02. The zero-order valence-corrected chi connectivity index (χ0v) is 7.54. The van der Waals surface area contributed by atoms with E-state index in [1.165, 1.54) is 0 Å². The predicted octanol–water partition coefficient (Wildman–Crippen LogP) is 1.46. The van der Waals surface area contributed by atoms with Crippen LogP contribution < -0.4 is 10.3 Å². The zero-order valence-electron chi connectivity index (χ0n) is 7.54. The van der Waals surface area contributed by atoms with Gasteiger partial charge >= 0.3 is 0 Å². The van der Waals surface area contributed by atoms with E-state index in [4.69, 9.17) is 4.74 Å². The van der Waals surface area contributed by atoms with Gasteiger partial charge in [0, 0.05) is 17.4 Å². The molecule has 0 radical (unpaired) electrons. The maximum absolute atomic E-state index is 11.6. The molecule has 0 amide bonds. The normalized spacial score (nSPS) is 14.0. The molecule has 0 saturated heterocycles. The highest BCUT2D eigenvalue weighted by molar-refractivity contribution is 5.86.